The van der Waals surface area contributed by atoms with E-state index in [0.717, 1.165) is 36.7 Å². The van der Waals surface area contributed by atoms with Crippen LogP contribution in [-0.4, -0.2) is 30.1 Å². The van der Waals surface area contributed by atoms with Gasteiger partial charge in [-0.15, -0.1) is 0 Å². The van der Waals surface area contributed by atoms with E-state index in [1.54, 1.807) is 43.4 Å². The normalized spacial score (nSPS) is 15.9. The van der Waals surface area contributed by atoms with Gasteiger partial charge in [0.1, 0.15) is 11.8 Å². The monoisotopic (exact) mass is 372 g/mol. The summed E-state index contributed by atoms with van der Waals surface area (Å²) in [6, 6.07) is 9.90. The lowest BCUT2D eigenvalue weighted by Crippen LogP contribution is -2.73. The van der Waals surface area contributed by atoms with Gasteiger partial charge in [0.25, 0.3) is 5.91 Å². The van der Waals surface area contributed by atoms with Crippen LogP contribution in [0.4, 0.5) is 5.69 Å². The Kier molecular flexibility index (Phi) is 6.26. The van der Waals surface area contributed by atoms with E-state index >= 15 is 0 Å². The number of likely N-dealkylation sites (N-methyl/N-ethyl adjacent to an activating group) is 1. The molecule has 1 fully saturated rings. The lowest BCUT2D eigenvalue weighted by molar-refractivity contribution is -0.825. The molecule has 2 amide bonds. The van der Waals surface area contributed by atoms with E-state index < -0.39 is 6.04 Å². The molecule has 1 aromatic carbocycles. The Hall–Kier alpha value is -2.64. The quantitative estimate of drug-likeness (QED) is 0.459. The Morgan fingerprint density at radius 3 is 2.44 bits per heavy atom. The molecule has 7 nitrogen and oxygen atoms in total. The third kappa shape index (κ3) is 4.56. The zero-order chi connectivity index (χ0) is 19.2. The third-order valence-corrected chi connectivity index (χ3v) is 5.11. The molecule has 1 saturated carbocycles. The van der Waals surface area contributed by atoms with Crippen molar-refractivity contribution < 1.29 is 24.7 Å². The molecule has 1 atom stereocenters. The molecule has 27 heavy (non-hydrogen) atoms. The van der Waals surface area contributed by atoms with E-state index in [0.29, 0.717) is 11.4 Å². The number of nitrogens with one attached hydrogen (secondary N) is 2. The molecule has 144 valence electrons. The van der Waals surface area contributed by atoms with Gasteiger partial charge in [-0.05, 0) is 43.0 Å². The van der Waals surface area contributed by atoms with Crippen LogP contribution in [0.15, 0.2) is 40.8 Å². The molecule has 7 heteroatoms. The van der Waals surface area contributed by atoms with Crippen LogP contribution in [0.3, 0.4) is 0 Å². The molecule has 3 rings (SSSR count). The first-order chi connectivity index (χ1) is 13.1. The number of benzene rings is 1. The zero-order valence-electron chi connectivity index (χ0n) is 15.4. The lowest BCUT2D eigenvalue weighted by atomic mass is 9.83. The maximum atomic E-state index is 12.6. The fraction of sp³-hybridized carbons (Fsp3) is 0.400. The predicted octanol–water partition coefficient (Wildman–Crippen LogP) is 1.96. The Bertz CT molecular complexity index is 779. The van der Waals surface area contributed by atoms with Crippen LogP contribution in [0.1, 0.15) is 42.7 Å². The molecule has 2 aromatic rings. The Morgan fingerprint density at radius 2 is 1.81 bits per heavy atom. The SMILES string of the molecule is CNC(=O)[C@@H](NC(=O)c1ccc(-c2ccc([NH2+]O)cc2)o1)C1CCCCC1. The Labute approximate surface area is 158 Å². The number of quaternary nitrogens is 1. The van der Waals surface area contributed by atoms with E-state index in [2.05, 4.69) is 10.6 Å². The molecule has 0 bridgehead atoms. The molecule has 1 heterocycles. The van der Waals surface area contributed by atoms with Gasteiger partial charge in [-0.3, -0.25) is 9.59 Å². The molecule has 0 spiro atoms. The highest BCUT2D eigenvalue weighted by atomic mass is 16.5. The fourth-order valence-electron chi connectivity index (χ4n) is 3.58. The second-order valence-corrected chi connectivity index (χ2v) is 6.88. The summed E-state index contributed by atoms with van der Waals surface area (Å²) in [7, 11) is 1.59. The Balaban J connectivity index is 1.72. The largest absolute Gasteiger partial charge is 0.451 e. The van der Waals surface area contributed by atoms with Crippen LogP contribution in [0, 0.1) is 5.92 Å². The average molecular weight is 372 g/mol. The van der Waals surface area contributed by atoms with Crippen molar-refractivity contribution >= 4 is 17.5 Å². The van der Waals surface area contributed by atoms with E-state index in [4.69, 9.17) is 9.62 Å². The summed E-state index contributed by atoms with van der Waals surface area (Å²) in [6.45, 7) is 0. The van der Waals surface area contributed by atoms with Gasteiger partial charge in [0.15, 0.2) is 11.4 Å². The van der Waals surface area contributed by atoms with Crippen molar-refractivity contribution in [2.45, 2.75) is 38.1 Å². The molecule has 1 aromatic heterocycles. The summed E-state index contributed by atoms with van der Waals surface area (Å²) in [5.74, 6) is 0.323. The van der Waals surface area contributed by atoms with Gasteiger partial charge in [0.05, 0.1) is 0 Å². The average Bonchev–Trinajstić information content (AvgIpc) is 3.22. The van der Waals surface area contributed by atoms with Crippen LogP contribution in [-0.2, 0) is 4.79 Å². The first-order valence-corrected chi connectivity index (χ1v) is 9.32. The van der Waals surface area contributed by atoms with Gasteiger partial charge < -0.3 is 15.1 Å². The number of nitrogens with two attached hydrogens (primary N) is 1. The minimum atomic E-state index is -0.546. The summed E-state index contributed by atoms with van der Waals surface area (Å²) in [6.07, 6.45) is 5.23. The molecule has 1 aliphatic rings. The van der Waals surface area contributed by atoms with E-state index in [9.17, 15) is 9.59 Å². The molecular formula is C20H26N3O4+. The maximum absolute atomic E-state index is 12.6. The minimum Gasteiger partial charge on any atom is -0.451 e. The first kappa shape index (κ1) is 19.1. The topological polar surface area (TPSA) is 108 Å². The number of rotatable bonds is 6. The number of hydrogen-bond donors (Lipinski definition) is 4. The summed E-state index contributed by atoms with van der Waals surface area (Å²) >= 11 is 0. The van der Waals surface area contributed by atoms with Crippen LogP contribution in [0.2, 0.25) is 0 Å². The van der Waals surface area contributed by atoms with Gasteiger partial charge in [-0.1, -0.05) is 19.3 Å². The van der Waals surface area contributed by atoms with Gasteiger partial charge >= 0.3 is 0 Å². The van der Waals surface area contributed by atoms with Crippen LogP contribution < -0.4 is 16.1 Å². The summed E-state index contributed by atoms with van der Waals surface area (Å²) in [5.41, 5.74) is 2.51. The Morgan fingerprint density at radius 1 is 1.11 bits per heavy atom. The predicted molar refractivity (Wildman–Crippen MR) is 99.4 cm³/mol. The summed E-state index contributed by atoms with van der Waals surface area (Å²) in [4.78, 5) is 24.9. The van der Waals surface area contributed by atoms with E-state index in [1.807, 2.05) is 0 Å². The van der Waals surface area contributed by atoms with Crippen molar-refractivity contribution in [2.75, 3.05) is 7.05 Å². The van der Waals surface area contributed by atoms with Crippen molar-refractivity contribution in [2.24, 2.45) is 5.92 Å². The molecular weight excluding hydrogens is 346 g/mol. The van der Waals surface area contributed by atoms with Crippen molar-refractivity contribution in [3.8, 4) is 11.3 Å². The molecule has 0 aliphatic heterocycles. The van der Waals surface area contributed by atoms with Gasteiger partial charge in [-0.2, -0.15) is 5.48 Å². The third-order valence-electron chi connectivity index (χ3n) is 5.11. The highest BCUT2D eigenvalue weighted by Gasteiger charge is 2.31. The second-order valence-electron chi connectivity index (χ2n) is 6.88. The zero-order valence-corrected chi connectivity index (χ0v) is 15.4. The maximum Gasteiger partial charge on any atom is 0.287 e. The smallest absolute Gasteiger partial charge is 0.287 e. The van der Waals surface area contributed by atoms with Gasteiger partial charge in [-0.25, -0.2) is 5.21 Å². The van der Waals surface area contributed by atoms with Gasteiger partial charge in [0.2, 0.25) is 5.91 Å². The standard InChI is InChI=1S/C20H25N3O4/c1-21-20(25)18(14-5-3-2-4-6-14)22-19(24)17-12-11-16(27-17)13-7-9-15(23-26)10-8-13/h7-12,14,18,23,26H,2-6H2,1H3,(H,21,25)(H,22,24)/p+1/t18-/m0/s1. The number of hydrogen-bond acceptors (Lipinski definition) is 4. The second kappa shape index (κ2) is 8.83. The van der Waals surface area contributed by atoms with Crippen LogP contribution >= 0.6 is 0 Å². The first-order valence-electron chi connectivity index (χ1n) is 9.32. The van der Waals surface area contributed by atoms with Crippen LogP contribution in [0.25, 0.3) is 11.3 Å². The minimum absolute atomic E-state index is 0.152. The molecule has 0 saturated heterocycles. The number of amides is 2. The molecule has 5 N–H and O–H groups in total. The lowest BCUT2D eigenvalue weighted by Gasteiger charge is -2.29. The van der Waals surface area contributed by atoms with Crippen molar-refractivity contribution in [1.82, 2.24) is 10.6 Å². The number of furan rings is 1. The van der Waals surface area contributed by atoms with E-state index in [1.165, 1.54) is 6.42 Å². The fourth-order valence-corrected chi connectivity index (χ4v) is 3.58. The van der Waals surface area contributed by atoms with Crippen molar-refractivity contribution in [3.05, 3.63) is 42.2 Å². The number of carbonyl (C=O) groups is 2. The molecule has 0 radical (unpaired) electrons. The van der Waals surface area contributed by atoms with Crippen molar-refractivity contribution in [3.63, 3.8) is 0 Å². The van der Waals surface area contributed by atoms with E-state index in [-0.39, 0.29) is 23.5 Å². The van der Waals surface area contributed by atoms with Gasteiger partial charge in [0, 0.05) is 24.7 Å². The number of carbonyl (C=O) groups excluding carboxylic acids is 2. The molecule has 0 unspecified atom stereocenters. The highest BCUT2D eigenvalue weighted by molar-refractivity contribution is 5.96. The molecule has 1 aliphatic carbocycles. The highest BCUT2D eigenvalue weighted by Crippen LogP contribution is 2.27. The van der Waals surface area contributed by atoms with Crippen LogP contribution in [0.5, 0.6) is 0 Å². The summed E-state index contributed by atoms with van der Waals surface area (Å²) in [5, 5.41) is 14.5. The summed E-state index contributed by atoms with van der Waals surface area (Å²) < 4.78 is 5.69. The van der Waals surface area contributed by atoms with Crippen molar-refractivity contribution in [1.29, 1.82) is 0 Å².